The van der Waals surface area contributed by atoms with Crippen molar-refractivity contribution in [2.45, 2.75) is 6.42 Å². The summed E-state index contributed by atoms with van der Waals surface area (Å²) in [5, 5.41) is 2.97. The number of rotatable bonds is 4. The highest BCUT2D eigenvalue weighted by Gasteiger charge is 2.11. The molecule has 0 aliphatic carbocycles. The Bertz CT molecular complexity index is 338. The average molecular weight is 214 g/mol. The molecule has 0 unspecified atom stereocenters. The maximum atomic E-state index is 13.3. The van der Waals surface area contributed by atoms with Gasteiger partial charge in [0, 0.05) is 14.1 Å². The van der Waals surface area contributed by atoms with Crippen LogP contribution in [0.2, 0.25) is 0 Å². The minimum Gasteiger partial charge on any atom is -0.375 e. The highest BCUT2D eigenvalue weighted by Crippen LogP contribution is 2.22. The molecular weight excluding hydrogens is 198 g/mol. The van der Waals surface area contributed by atoms with Crippen LogP contribution in [0.5, 0.6) is 0 Å². The van der Waals surface area contributed by atoms with Gasteiger partial charge in [-0.15, -0.1) is 0 Å². The first kappa shape index (κ1) is 11.9. The van der Waals surface area contributed by atoms with Crippen molar-refractivity contribution in [3.63, 3.8) is 0 Å². The van der Waals surface area contributed by atoms with Crippen molar-refractivity contribution in [1.29, 1.82) is 0 Å². The third-order valence-electron chi connectivity index (χ3n) is 2.21. The number of likely N-dealkylation sites (N-methyl/N-ethyl adjacent to an activating group) is 1. The van der Waals surface area contributed by atoms with E-state index in [0.717, 1.165) is 12.1 Å². The number of anilines is 1. The topological polar surface area (TPSA) is 15.3 Å². The highest BCUT2D eigenvalue weighted by molar-refractivity contribution is 5.49. The summed E-state index contributed by atoms with van der Waals surface area (Å²) in [6.07, 6.45) is 0.689. The molecule has 1 aromatic rings. The lowest BCUT2D eigenvalue weighted by Gasteiger charge is -2.15. The summed E-state index contributed by atoms with van der Waals surface area (Å²) >= 11 is 0. The van der Waals surface area contributed by atoms with Gasteiger partial charge in [0.15, 0.2) is 11.6 Å². The van der Waals surface area contributed by atoms with Crippen molar-refractivity contribution >= 4 is 5.69 Å². The normalized spacial score (nSPS) is 10.5. The van der Waals surface area contributed by atoms with E-state index in [1.54, 1.807) is 25.1 Å². The van der Waals surface area contributed by atoms with E-state index in [1.165, 1.54) is 6.07 Å². The predicted octanol–water partition coefficient (Wildman–Crippen LogP) is 1.79. The number of nitrogens with zero attached hydrogens (tertiary/aromatic N) is 1. The van der Waals surface area contributed by atoms with E-state index in [1.807, 2.05) is 7.05 Å². The largest absolute Gasteiger partial charge is 0.375 e. The Morgan fingerprint density at radius 2 is 1.93 bits per heavy atom. The summed E-state index contributed by atoms with van der Waals surface area (Å²) < 4.78 is 26.5. The summed E-state index contributed by atoms with van der Waals surface area (Å²) in [6.45, 7) is 0.748. The Morgan fingerprint density at radius 3 is 2.47 bits per heavy atom. The molecule has 2 nitrogen and oxygen atoms in total. The zero-order valence-electron chi connectivity index (χ0n) is 9.27. The Kier molecular flexibility index (Phi) is 4.03. The maximum absolute atomic E-state index is 13.3. The fraction of sp³-hybridized carbons (Fsp3) is 0.455. The Balaban J connectivity index is 3.00. The van der Waals surface area contributed by atoms with Crippen LogP contribution in [-0.2, 0) is 6.42 Å². The standard InChI is InChI=1S/C11H16F2N2/c1-14-5-4-8-6-9(12)11(13)10(7-8)15(2)3/h6-7,14H,4-5H2,1-3H3. The fourth-order valence-electron chi connectivity index (χ4n) is 1.37. The average Bonchev–Trinajstić information content (AvgIpc) is 2.19. The summed E-state index contributed by atoms with van der Waals surface area (Å²) in [6, 6.07) is 2.93. The molecule has 1 N–H and O–H groups in total. The Labute approximate surface area is 88.9 Å². The summed E-state index contributed by atoms with van der Waals surface area (Å²) in [5.74, 6) is -1.57. The molecule has 0 fully saturated rings. The van der Waals surface area contributed by atoms with Gasteiger partial charge in [-0.2, -0.15) is 0 Å². The van der Waals surface area contributed by atoms with Gasteiger partial charge in [-0.25, -0.2) is 8.78 Å². The lowest BCUT2D eigenvalue weighted by atomic mass is 10.1. The van der Waals surface area contributed by atoms with Crippen molar-refractivity contribution < 1.29 is 8.78 Å². The number of hydrogen-bond acceptors (Lipinski definition) is 2. The molecule has 0 saturated carbocycles. The van der Waals surface area contributed by atoms with Crippen LogP contribution in [0.25, 0.3) is 0 Å². The lowest BCUT2D eigenvalue weighted by Crippen LogP contribution is -2.14. The predicted molar refractivity (Wildman–Crippen MR) is 58.3 cm³/mol. The van der Waals surface area contributed by atoms with E-state index in [0.29, 0.717) is 12.1 Å². The van der Waals surface area contributed by atoms with Crippen LogP contribution in [-0.4, -0.2) is 27.7 Å². The van der Waals surface area contributed by atoms with Crippen LogP contribution in [0, 0.1) is 11.6 Å². The van der Waals surface area contributed by atoms with Crippen molar-refractivity contribution in [3.05, 3.63) is 29.3 Å². The molecular formula is C11H16F2N2. The van der Waals surface area contributed by atoms with Gasteiger partial charge in [-0.1, -0.05) is 0 Å². The Hall–Kier alpha value is -1.16. The van der Waals surface area contributed by atoms with Gasteiger partial charge in [0.2, 0.25) is 0 Å². The molecule has 0 radical (unpaired) electrons. The summed E-state index contributed by atoms with van der Waals surface area (Å²) in [4.78, 5) is 1.57. The summed E-state index contributed by atoms with van der Waals surface area (Å²) in [5.41, 5.74) is 1.09. The van der Waals surface area contributed by atoms with Crippen LogP contribution in [0.15, 0.2) is 12.1 Å². The second-order valence-electron chi connectivity index (χ2n) is 3.66. The maximum Gasteiger partial charge on any atom is 0.182 e. The lowest BCUT2D eigenvalue weighted by molar-refractivity contribution is 0.507. The first-order valence-electron chi connectivity index (χ1n) is 4.86. The van der Waals surface area contributed by atoms with Crippen LogP contribution < -0.4 is 10.2 Å². The molecule has 0 atom stereocenters. The zero-order chi connectivity index (χ0) is 11.4. The highest BCUT2D eigenvalue weighted by atomic mass is 19.2. The Morgan fingerprint density at radius 1 is 1.27 bits per heavy atom. The van der Waals surface area contributed by atoms with Gasteiger partial charge in [0.1, 0.15) is 0 Å². The van der Waals surface area contributed by atoms with Gasteiger partial charge in [0.05, 0.1) is 5.69 Å². The van der Waals surface area contributed by atoms with Crippen LogP contribution in [0.4, 0.5) is 14.5 Å². The van der Waals surface area contributed by atoms with Gasteiger partial charge < -0.3 is 10.2 Å². The van der Waals surface area contributed by atoms with Crippen LogP contribution in [0.3, 0.4) is 0 Å². The zero-order valence-corrected chi connectivity index (χ0v) is 9.27. The van der Waals surface area contributed by atoms with Crippen molar-refractivity contribution in [3.8, 4) is 0 Å². The van der Waals surface area contributed by atoms with E-state index in [4.69, 9.17) is 0 Å². The second-order valence-corrected chi connectivity index (χ2v) is 3.66. The number of hydrogen-bond donors (Lipinski definition) is 1. The third kappa shape index (κ3) is 2.89. The molecule has 0 amide bonds. The molecule has 15 heavy (non-hydrogen) atoms. The minimum atomic E-state index is -0.785. The second kappa shape index (κ2) is 5.07. The van der Waals surface area contributed by atoms with Gasteiger partial charge >= 0.3 is 0 Å². The molecule has 1 rings (SSSR count). The van der Waals surface area contributed by atoms with Gasteiger partial charge in [0.25, 0.3) is 0 Å². The van der Waals surface area contributed by atoms with Crippen molar-refractivity contribution in [1.82, 2.24) is 5.32 Å². The van der Waals surface area contributed by atoms with Crippen molar-refractivity contribution in [2.24, 2.45) is 0 Å². The minimum absolute atomic E-state index is 0.293. The molecule has 0 spiro atoms. The van der Waals surface area contributed by atoms with E-state index in [9.17, 15) is 8.78 Å². The monoisotopic (exact) mass is 214 g/mol. The fourth-order valence-corrected chi connectivity index (χ4v) is 1.37. The van der Waals surface area contributed by atoms with E-state index in [2.05, 4.69) is 5.32 Å². The van der Waals surface area contributed by atoms with E-state index < -0.39 is 11.6 Å². The van der Waals surface area contributed by atoms with E-state index >= 15 is 0 Å². The van der Waals surface area contributed by atoms with E-state index in [-0.39, 0.29) is 0 Å². The molecule has 4 heteroatoms. The van der Waals surface area contributed by atoms with Gasteiger partial charge in [-0.3, -0.25) is 0 Å². The molecule has 0 aliphatic rings. The van der Waals surface area contributed by atoms with Crippen molar-refractivity contribution in [2.75, 3.05) is 32.6 Å². The molecule has 84 valence electrons. The number of halogens is 2. The molecule has 0 heterocycles. The quantitative estimate of drug-likeness (QED) is 0.822. The molecule has 1 aromatic carbocycles. The van der Waals surface area contributed by atoms with Crippen LogP contribution in [0.1, 0.15) is 5.56 Å². The smallest absolute Gasteiger partial charge is 0.182 e. The van der Waals surface area contributed by atoms with Crippen LogP contribution >= 0.6 is 0 Å². The molecule has 0 aromatic heterocycles. The first-order valence-corrected chi connectivity index (χ1v) is 4.86. The SMILES string of the molecule is CNCCc1cc(F)c(F)c(N(C)C)c1. The summed E-state index contributed by atoms with van der Waals surface area (Å²) in [7, 11) is 5.21. The first-order chi connectivity index (χ1) is 7.06. The number of benzene rings is 1. The number of nitrogens with one attached hydrogen (secondary N) is 1. The third-order valence-corrected chi connectivity index (χ3v) is 2.21. The molecule has 0 aliphatic heterocycles. The molecule has 0 saturated heterocycles. The molecule has 0 bridgehead atoms. The van der Waals surface area contributed by atoms with Gasteiger partial charge in [-0.05, 0) is 37.7 Å².